The Morgan fingerprint density at radius 1 is 1.45 bits per heavy atom. The molecule has 2 atom stereocenters. The molecule has 0 bridgehead atoms. The van der Waals surface area contributed by atoms with Crippen LogP contribution in [0.3, 0.4) is 0 Å². The van der Waals surface area contributed by atoms with E-state index in [1.54, 1.807) is 4.90 Å². The molecule has 1 aliphatic rings. The van der Waals surface area contributed by atoms with Gasteiger partial charge in [0, 0.05) is 24.7 Å². The summed E-state index contributed by atoms with van der Waals surface area (Å²) in [5.74, 6) is -0.219. The minimum absolute atomic E-state index is 0.0104. The molecule has 1 heterocycles. The number of amides is 2. The summed E-state index contributed by atoms with van der Waals surface area (Å²) in [6.07, 6.45) is 1.20. The first-order valence-electron chi connectivity index (χ1n) is 7.19. The van der Waals surface area contributed by atoms with Gasteiger partial charge in [-0.3, -0.25) is 9.59 Å². The topological polar surface area (TPSA) is 49.4 Å². The van der Waals surface area contributed by atoms with Crippen LogP contribution >= 0.6 is 0 Å². The van der Waals surface area contributed by atoms with Crippen molar-refractivity contribution in [3.05, 3.63) is 29.8 Å². The Morgan fingerprint density at radius 2 is 2.15 bits per heavy atom. The number of carbonyl (C=O) groups is 2. The molecule has 108 valence electrons. The predicted octanol–water partition coefficient (Wildman–Crippen LogP) is 2.26. The van der Waals surface area contributed by atoms with Crippen LogP contribution in [-0.2, 0) is 9.59 Å². The minimum atomic E-state index is -0.240. The van der Waals surface area contributed by atoms with Gasteiger partial charge in [-0.2, -0.15) is 0 Å². The Hall–Kier alpha value is -1.84. The Balaban J connectivity index is 2.08. The fraction of sp³-hybridized carbons (Fsp3) is 0.500. The SMILES string of the molecule is CCC(C)NC(=O)C1CC(=O)N(c2ccccc2C)C1. The van der Waals surface area contributed by atoms with Gasteiger partial charge in [0.15, 0.2) is 0 Å². The van der Waals surface area contributed by atoms with Gasteiger partial charge < -0.3 is 10.2 Å². The lowest BCUT2D eigenvalue weighted by atomic mass is 10.1. The Labute approximate surface area is 120 Å². The van der Waals surface area contributed by atoms with Gasteiger partial charge in [-0.15, -0.1) is 0 Å². The molecule has 1 aromatic carbocycles. The summed E-state index contributed by atoms with van der Waals surface area (Å²) in [6.45, 7) is 6.47. The lowest BCUT2D eigenvalue weighted by Gasteiger charge is -2.19. The van der Waals surface area contributed by atoms with Gasteiger partial charge in [0.25, 0.3) is 0 Å². The first-order valence-corrected chi connectivity index (χ1v) is 7.19. The fourth-order valence-electron chi connectivity index (χ4n) is 2.45. The zero-order valence-corrected chi connectivity index (χ0v) is 12.3. The maximum atomic E-state index is 12.1. The molecular weight excluding hydrogens is 252 g/mol. The van der Waals surface area contributed by atoms with Crippen molar-refractivity contribution in [2.45, 2.75) is 39.7 Å². The van der Waals surface area contributed by atoms with Crippen LogP contribution in [-0.4, -0.2) is 24.4 Å². The molecule has 2 unspecified atom stereocenters. The zero-order chi connectivity index (χ0) is 14.7. The number of hydrogen-bond acceptors (Lipinski definition) is 2. The number of benzene rings is 1. The summed E-state index contributed by atoms with van der Waals surface area (Å²) in [6, 6.07) is 7.94. The molecule has 4 nitrogen and oxygen atoms in total. The molecule has 1 fully saturated rings. The number of hydrogen-bond donors (Lipinski definition) is 1. The molecule has 1 aliphatic heterocycles. The molecule has 0 saturated carbocycles. The standard InChI is InChI=1S/C16H22N2O2/c1-4-12(3)17-16(20)13-9-15(19)18(10-13)14-8-6-5-7-11(14)2/h5-8,12-13H,4,9-10H2,1-3H3,(H,17,20). The number of rotatable bonds is 4. The van der Waals surface area contributed by atoms with Crippen molar-refractivity contribution in [3.8, 4) is 0 Å². The molecule has 0 radical (unpaired) electrons. The van der Waals surface area contributed by atoms with E-state index >= 15 is 0 Å². The second-order valence-electron chi connectivity index (χ2n) is 5.51. The zero-order valence-electron chi connectivity index (χ0n) is 12.3. The highest BCUT2D eigenvalue weighted by Crippen LogP contribution is 2.27. The lowest BCUT2D eigenvalue weighted by molar-refractivity contribution is -0.126. The van der Waals surface area contributed by atoms with Gasteiger partial charge in [0.05, 0.1) is 5.92 Å². The molecule has 0 spiro atoms. The normalized spacial score (nSPS) is 20.1. The molecule has 2 amide bonds. The van der Waals surface area contributed by atoms with Crippen molar-refractivity contribution < 1.29 is 9.59 Å². The predicted molar refractivity (Wildman–Crippen MR) is 79.5 cm³/mol. The summed E-state index contributed by atoms with van der Waals surface area (Å²) in [5, 5.41) is 2.96. The van der Waals surface area contributed by atoms with Gasteiger partial charge in [0.1, 0.15) is 0 Å². The Kier molecular flexibility index (Phi) is 4.42. The quantitative estimate of drug-likeness (QED) is 0.915. The second kappa shape index (κ2) is 6.07. The smallest absolute Gasteiger partial charge is 0.227 e. The van der Waals surface area contributed by atoms with Crippen LogP contribution in [0.5, 0.6) is 0 Å². The molecule has 0 aliphatic carbocycles. The molecule has 4 heteroatoms. The third kappa shape index (κ3) is 3.00. The van der Waals surface area contributed by atoms with Crippen LogP contribution in [0.4, 0.5) is 5.69 Å². The molecule has 2 rings (SSSR count). The molecule has 0 aromatic heterocycles. The first-order chi connectivity index (χ1) is 9.52. The number of carbonyl (C=O) groups excluding carboxylic acids is 2. The monoisotopic (exact) mass is 274 g/mol. The van der Waals surface area contributed by atoms with Crippen LogP contribution in [0.25, 0.3) is 0 Å². The van der Waals surface area contributed by atoms with E-state index in [0.29, 0.717) is 13.0 Å². The largest absolute Gasteiger partial charge is 0.353 e. The van der Waals surface area contributed by atoms with E-state index < -0.39 is 0 Å². The Bertz CT molecular complexity index is 513. The minimum Gasteiger partial charge on any atom is -0.353 e. The van der Waals surface area contributed by atoms with Crippen molar-refractivity contribution in [3.63, 3.8) is 0 Å². The van der Waals surface area contributed by atoms with Gasteiger partial charge in [-0.05, 0) is 31.9 Å². The summed E-state index contributed by atoms with van der Waals surface area (Å²) in [5.41, 5.74) is 1.97. The van der Waals surface area contributed by atoms with Crippen LogP contribution in [0.2, 0.25) is 0 Å². The number of anilines is 1. The summed E-state index contributed by atoms with van der Waals surface area (Å²) in [7, 11) is 0. The van der Waals surface area contributed by atoms with E-state index in [2.05, 4.69) is 5.32 Å². The lowest BCUT2D eigenvalue weighted by Crippen LogP contribution is -2.38. The van der Waals surface area contributed by atoms with Gasteiger partial charge >= 0.3 is 0 Å². The number of nitrogens with one attached hydrogen (secondary N) is 1. The van der Waals surface area contributed by atoms with Crippen molar-refractivity contribution in [2.75, 3.05) is 11.4 Å². The molecule has 1 saturated heterocycles. The maximum absolute atomic E-state index is 12.1. The summed E-state index contributed by atoms with van der Waals surface area (Å²) in [4.78, 5) is 26.0. The molecule has 1 N–H and O–H groups in total. The van der Waals surface area contributed by atoms with E-state index in [9.17, 15) is 9.59 Å². The number of para-hydroxylation sites is 1. The van der Waals surface area contributed by atoms with Crippen molar-refractivity contribution in [2.24, 2.45) is 5.92 Å². The van der Waals surface area contributed by atoms with E-state index in [0.717, 1.165) is 17.7 Å². The molecule has 20 heavy (non-hydrogen) atoms. The van der Waals surface area contributed by atoms with Crippen LogP contribution in [0, 0.1) is 12.8 Å². The first kappa shape index (κ1) is 14.6. The highest BCUT2D eigenvalue weighted by molar-refractivity contribution is 6.00. The van der Waals surface area contributed by atoms with Crippen LogP contribution in [0.15, 0.2) is 24.3 Å². The highest BCUT2D eigenvalue weighted by atomic mass is 16.2. The number of nitrogens with zero attached hydrogens (tertiary/aromatic N) is 1. The van der Waals surface area contributed by atoms with Crippen LogP contribution in [0.1, 0.15) is 32.3 Å². The second-order valence-corrected chi connectivity index (χ2v) is 5.51. The maximum Gasteiger partial charge on any atom is 0.227 e. The van der Waals surface area contributed by atoms with Crippen molar-refractivity contribution in [1.29, 1.82) is 0 Å². The molecule has 1 aromatic rings. The molecular formula is C16H22N2O2. The highest BCUT2D eigenvalue weighted by Gasteiger charge is 2.35. The average molecular weight is 274 g/mol. The summed E-state index contributed by atoms with van der Waals surface area (Å²) >= 11 is 0. The van der Waals surface area contributed by atoms with E-state index in [1.165, 1.54) is 0 Å². The number of aryl methyl sites for hydroxylation is 1. The third-order valence-corrected chi connectivity index (χ3v) is 3.90. The van der Waals surface area contributed by atoms with Crippen molar-refractivity contribution in [1.82, 2.24) is 5.32 Å². The van der Waals surface area contributed by atoms with Gasteiger partial charge in [0.2, 0.25) is 11.8 Å². The van der Waals surface area contributed by atoms with Gasteiger partial charge in [-0.1, -0.05) is 25.1 Å². The summed E-state index contributed by atoms with van der Waals surface area (Å²) < 4.78 is 0. The van der Waals surface area contributed by atoms with E-state index in [4.69, 9.17) is 0 Å². The van der Waals surface area contributed by atoms with Gasteiger partial charge in [-0.25, -0.2) is 0 Å². The van der Waals surface area contributed by atoms with Crippen LogP contribution < -0.4 is 10.2 Å². The van der Waals surface area contributed by atoms with Crippen molar-refractivity contribution >= 4 is 17.5 Å². The third-order valence-electron chi connectivity index (χ3n) is 3.90. The average Bonchev–Trinajstić information content (AvgIpc) is 2.81. The van der Waals surface area contributed by atoms with E-state index in [-0.39, 0.29) is 23.8 Å². The van der Waals surface area contributed by atoms with E-state index in [1.807, 2.05) is 45.0 Å². The fourth-order valence-corrected chi connectivity index (χ4v) is 2.45. The Morgan fingerprint density at radius 3 is 2.80 bits per heavy atom.